The van der Waals surface area contributed by atoms with E-state index in [4.69, 9.17) is 9.79 Å². The second-order valence-electron chi connectivity index (χ2n) is 3.23. The SMILES string of the molecule is C=CC(=O)NCCCCCCOP(=O)(O)O. The Morgan fingerprint density at radius 1 is 1.31 bits per heavy atom. The Bertz CT molecular complexity index is 263. The first-order chi connectivity index (χ1) is 7.45. The van der Waals surface area contributed by atoms with Crippen LogP contribution in [-0.4, -0.2) is 28.8 Å². The molecule has 0 aromatic heterocycles. The fraction of sp³-hybridized carbons (Fsp3) is 0.667. The van der Waals surface area contributed by atoms with E-state index in [9.17, 15) is 9.36 Å². The van der Waals surface area contributed by atoms with Crippen molar-refractivity contribution in [2.75, 3.05) is 13.2 Å². The van der Waals surface area contributed by atoms with E-state index in [0.29, 0.717) is 13.0 Å². The zero-order valence-electron chi connectivity index (χ0n) is 9.09. The highest BCUT2D eigenvalue weighted by Crippen LogP contribution is 2.35. The van der Waals surface area contributed by atoms with Gasteiger partial charge in [-0.15, -0.1) is 0 Å². The number of hydrogen-bond acceptors (Lipinski definition) is 3. The van der Waals surface area contributed by atoms with E-state index in [-0.39, 0.29) is 12.5 Å². The number of rotatable bonds is 9. The van der Waals surface area contributed by atoms with Crippen LogP contribution in [-0.2, 0) is 13.9 Å². The monoisotopic (exact) mass is 251 g/mol. The number of amides is 1. The normalized spacial score (nSPS) is 11.1. The number of carbonyl (C=O) groups excluding carboxylic acids is 1. The Balaban J connectivity index is 3.19. The molecular weight excluding hydrogens is 233 g/mol. The summed E-state index contributed by atoms with van der Waals surface area (Å²) < 4.78 is 14.6. The van der Waals surface area contributed by atoms with Crippen molar-refractivity contribution in [3.63, 3.8) is 0 Å². The van der Waals surface area contributed by atoms with Gasteiger partial charge in [0, 0.05) is 6.54 Å². The van der Waals surface area contributed by atoms with Gasteiger partial charge in [0.25, 0.3) is 0 Å². The molecule has 0 spiro atoms. The van der Waals surface area contributed by atoms with E-state index in [1.807, 2.05) is 0 Å². The molecular formula is C9H18NO5P. The Morgan fingerprint density at radius 3 is 2.50 bits per heavy atom. The van der Waals surface area contributed by atoms with Gasteiger partial charge in [-0.05, 0) is 18.9 Å². The molecule has 0 bridgehead atoms. The lowest BCUT2D eigenvalue weighted by atomic mass is 10.2. The van der Waals surface area contributed by atoms with Crippen LogP contribution < -0.4 is 5.32 Å². The minimum absolute atomic E-state index is 0.0588. The lowest BCUT2D eigenvalue weighted by Gasteiger charge is -2.05. The second kappa shape index (κ2) is 8.47. The summed E-state index contributed by atoms with van der Waals surface area (Å²) in [5.74, 6) is -0.190. The maximum Gasteiger partial charge on any atom is 0.469 e. The predicted molar refractivity (Wildman–Crippen MR) is 59.7 cm³/mol. The summed E-state index contributed by atoms with van der Waals surface area (Å²) in [6, 6.07) is 0. The Hall–Kier alpha value is -0.680. The molecule has 94 valence electrons. The van der Waals surface area contributed by atoms with Gasteiger partial charge in [-0.1, -0.05) is 19.4 Å². The molecule has 0 heterocycles. The van der Waals surface area contributed by atoms with Gasteiger partial charge in [0.2, 0.25) is 5.91 Å². The average Bonchev–Trinajstić information content (AvgIpc) is 2.20. The number of carbonyl (C=O) groups is 1. The molecule has 0 atom stereocenters. The quantitative estimate of drug-likeness (QED) is 0.322. The van der Waals surface area contributed by atoms with Crippen LogP contribution >= 0.6 is 7.82 Å². The van der Waals surface area contributed by atoms with Gasteiger partial charge in [0.15, 0.2) is 0 Å². The summed E-state index contributed by atoms with van der Waals surface area (Å²) in [6.07, 6.45) is 4.33. The zero-order valence-corrected chi connectivity index (χ0v) is 9.99. The Labute approximate surface area is 94.9 Å². The minimum atomic E-state index is -4.31. The number of phosphoric acid groups is 1. The maximum atomic E-state index is 10.7. The molecule has 0 rings (SSSR count). The molecule has 0 aliphatic heterocycles. The first-order valence-electron chi connectivity index (χ1n) is 5.06. The highest BCUT2D eigenvalue weighted by atomic mass is 31.2. The van der Waals surface area contributed by atoms with Crippen molar-refractivity contribution in [2.24, 2.45) is 0 Å². The molecule has 0 saturated carbocycles. The lowest BCUT2D eigenvalue weighted by Crippen LogP contribution is -2.21. The van der Waals surface area contributed by atoms with Crippen molar-refractivity contribution in [1.29, 1.82) is 0 Å². The van der Waals surface area contributed by atoms with E-state index in [2.05, 4.69) is 16.4 Å². The Morgan fingerprint density at radius 2 is 1.94 bits per heavy atom. The Kier molecular flexibility index (Phi) is 8.11. The molecule has 1 amide bonds. The van der Waals surface area contributed by atoms with Crippen LogP contribution in [0.3, 0.4) is 0 Å². The van der Waals surface area contributed by atoms with Crippen molar-refractivity contribution in [3.8, 4) is 0 Å². The van der Waals surface area contributed by atoms with Crippen LogP contribution in [0.1, 0.15) is 25.7 Å². The number of hydrogen-bond donors (Lipinski definition) is 3. The molecule has 0 aliphatic carbocycles. The van der Waals surface area contributed by atoms with Crippen LogP contribution in [0.4, 0.5) is 0 Å². The highest BCUT2D eigenvalue weighted by Gasteiger charge is 2.12. The van der Waals surface area contributed by atoms with Crippen molar-refractivity contribution < 1.29 is 23.7 Å². The van der Waals surface area contributed by atoms with Gasteiger partial charge in [0.1, 0.15) is 0 Å². The van der Waals surface area contributed by atoms with Crippen molar-refractivity contribution in [1.82, 2.24) is 5.32 Å². The standard InChI is InChI=1S/C9H18NO5P/c1-2-9(11)10-7-5-3-4-6-8-15-16(12,13)14/h2H,1,3-8H2,(H,10,11)(H2,12,13,14). The molecule has 3 N–H and O–H groups in total. The summed E-state index contributed by atoms with van der Waals surface area (Å²) in [4.78, 5) is 27.5. The van der Waals surface area contributed by atoms with Crippen LogP contribution in [0.15, 0.2) is 12.7 Å². The molecule has 0 aromatic rings. The largest absolute Gasteiger partial charge is 0.469 e. The van der Waals surface area contributed by atoms with Gasteiger partial charge in [-0.2, -0.15) is 0 Å². The molecule has 7 heteroatoms. The molecule has 0 unspecified atom stereocenters. The fourth-order valence-electron chi connectivity index (χ4n) is 1.05. The predicted octanol–water partition coefficient (Wildman–Crippen LogP) is 0.958. The molecule has 6 nitrogen and oxygen atoms in total. The van der Waals surface area contributed by atoms with E-state index in [1.54, 1.807) is 0 Å². The van der Waals surface area contributed by atoms with Crippen molar-refractivity contribution in [2.45, 2.75) is 25.7 Å². The summed E-state index contributed by atoms with van der Waals surface area (Å²) in [6.45, 7) is 3.97. The number of unbranched alkanes of at least 4 members (excludes halogenated alkanes) is 3. The van der Waals surface area contributed by atoms with Crippen LogP contribution in [0.2, 0.25) is 0 Å². The minimum Gasteiger partial charge on any atom is -0.353 e. The molecule has 0 aromatic carbocycles. The summed E-state index contributed by atoms with van der Waals surface area (Å²) in [7, 11) is -4.31. The van der Waals surface area contributed by atoms with E-state index in [0.717, 1.165) is 19.3 Å². The first-order valence-corrected chi connectivity index (χ1v) is 6.59. The van der Waals surface area contributed by atoms with Crippen LogP contribution in [0.25, 0.3) is 0 Å². The average molecular weight is 251 g/mol. The zero-order chi connectivity index (χ0) is 12.4. The molecule has 0 aliphatic rings. The fourth-order valence-corrected chi connectivity index (χ4v) is 1.41. The molecule has 0 radical (unpaired) electrons. The summed E-state index contributed by atoms with van der Waals surface area (Å²) in [5.41, 5.74) is 0. The van der Waals surface area contributed by atoms with E-state index in [1.165, 1.54) is 6.08 Å². The van der Waals surface area contributed by atoms with E-state index >= 15 is 0 Å². The third-order valence-electron chi connectivity index (χ3n) is 1.82. The number of phosphoric ester groups is 1. The van der Waals surface area contributed by atoms with Gasteiger partial charge in [0.05, 0.1) is 6.61 Å². The van der Waals surface area contributed by atoms with Gasteiger partial charge in [-0.3, -0.25) is 9.32 Å². The maximum absolute atomic E-state index is 10.7. The lowest BCUT2D eigenvalue weighted by molar-refractivity contribution is -0.116. The van der Waals surface area contributed by atoms with E-state index < -0.39 is 7.82 Å². The number of nitrogens with one attached hydrogen (secondary N) is 1. The topological polar surface area (TPSA) is 95.9 Å². The smallest absolute Gasteiger partial charge is 0.353 e. The highest BCUT2D eigenvalue weighted by molar-refractivity contribution is 7.46. The molecule has 0 saturated heterocycles. The molecule has 16 heavy (non-hydrogen) atoms. The third kappa shape index (κ3) is 11.4. The van der Waals surface area contributed by atoms with Gasteiger partial charge in [-0.25, -0.2) is 4.57 Å². The third-order valence-corrected chi connectivity index (χ3v) is 2.33. The van der Waals surface area contributed by atoms with Crippen LogP contribution in [0.5, 0.6) is 0 Å². The van der Waals surface area contributed by atoms with Crippen LogP contribution in [0, 0.1) is 0 Å². The van der Waals surface area contributed by atoms with Gasteiger partial charge < -0.3 is 15.1 Å². The van der Waals surface area contributed by atoms with Crippen molar-refractivity contribution in [3.05, 3.63) is 12.7 Å². The summed E-state index contributed by atoms with van der Waals surface area (Å²) in [5, 5.41) is 2.63. The van der Waals surface area contributed by atoms with Crippen molar-refractivity contribution >= 4 is 13.7 Å². The van der Waals surface area contributed by atoms with Gasteiger partial charge >= 0.3 is 7.82 Å². The first kappa shape index (κ1) is 15.3. The molecule has 0 fully saturated rings. The summed E-state index contributed by atoms with van der Waals surface area (Å²) >= 11 is 0. The second-order valence-corrected chi connectivity index (χ2v) is 4.47.